The molecule has 1 aliphatic heterocycles. The Hall–Kier alpha value is -2.54. The number of carbonyl (C=O) groups excluding carboxylic acids is 1. The predicted octanol–water partition coefficient (Wildman–Crippen LogP) is 5.06. The van der Waals surface area contributed by atoms with E-state index in [1.165, 1.54) is 5.56 Å². The molecule has 0 spiro atoms. The van der Waals surface area contributed by atoms with Crippen molar-refractivity contribution in [2.75, 3.05) is 33.4 Å². The number of likely N-dealkylation sites (tertiary alicyclic amines) is 1. The van der Waals surface area contributed by atoms with Crippen LogP contribution < -0.4 is 0 Å². The topological polar surface area (TPSA) is 45.7 Å². The molecule has 1 atom stereocenters. The zero-order valence-electron chi connectivity index (χ0n) is 20.2. The minimum atomic E-state index is 0.190. The van der Waals surface area contributed by atoms with Gasteiger partial charge in [-0.3, -0.25) is 14.7 Å². The third-order valence-corrected chi connectivity index (χ3v) is 7.86. The monoisotopic (exact) mass is 477 g/mol. The first kappa shape index (κ1) is 24.6. The average Bonchev–Trinajstić information content (AvgIpc) is 3.32. The quantitative estimate of drug-likeness (QED) is 0.409. The first-order chi connectivity index (χ1) is 16.7. The number of aromatic nitrogens is 1. The first-order valence-corrected chi connectivity index (χ1v) is 13.0. The lowest BCUT2D eigenvalue weighted by molar-refractivity contribution is 0.0484. The molecule has 1 fully saturated rings. The normalized spacial score (nSPS) is 15.6. The lowest BCUT2D eigenvalue weighted by Gasteiger charge is -2.41. The molecule has 6 heteroatoms. The Morgan fingerprint density at radius 2 is 1.91 bits per heavy atom. The number of rotatable bonds is 10. The molecular formula is C28H35N3O2S. The number of piperidine rings is 1. The maximum Gasteiger partial charge on any atom is 0.264 e. The van der Waals surface area contributed by atoms with Gasteiger partial charge >= 0.3 is 0 Å². The fourth-order valence-corrected chi connectivity index (χ4v) is 5.83. The van der Waals surface area contributed by atoms with Crippen LogP contribution in [-0.2, 0) is 17.7 Å². The minimum Gasteiger partial charge on any atom is -0.383 e. The average molecular weight is 478 g/mol. The van der Waals surface area contributed by atoms with E-state index >= 15 is 0 Å². The van der Waals surface area contributed by atoms with Gasteiger partial charge in [0.05, 0.1) is 17.2 Å². The molecule has 3 heterocycles. The van der Waals surface area contributed by atoms with Gasteiger partial charge in [-0.25, -0.2) is 0 Å². The van der Waals surface area contributed by atoms with Crippen molar-refractivity contribution in [3.8, 4) is 0 Å². The fraction of sp³-hybridized carbons (Fsp3) is 0.429. The van der Waals surface area contributed by atoms with E-state index in [4.69, 9.17) is 4.74 Å². The van der Waals surface area contributed by atoms with Gasteiger partial charge in [0.1, 0.15) is 0 Å². The van der Waals surface area contributed by atoms with Gasteiger partial charge in [-0.15, -0.1) is 11.3 Å². The number of aryl methyl sites for hydroxylation is 1. The standard InChI is InChI=1S/C28H35N3O2S/c1-22-13-19-34-27(22)28(32)30-15-11-24(12-16-30)26(20-23-8-4-3-5-9-23)31(17-18-33-2)21-25-10-6-7-14-29-25/h3-10,13-14,19,24,26H,11-12,15-18,20-21H2,1-2H3. The minimum absolute atomic E-state index is 0.190. The lowest BCUT2D eigenvalue weighted by atomic mass is 9.84. The molecule has 1 saturated heterocycles. The molecule has 0 radical (unpaired) electrons. The number of methoxy groups -OCH3 is 1. The van der Waals surface area contributed by atoms with Crippen LogP contribution in [0.4, 0.5) is 0 Å². The maximum atomic E-state index is 13.1. The Labute approximate surface area is 207 Å². The molecule has 0 bridgehead atoms. The van der Waals surface area contributed by atoms with Crippen molar-refractivity contribution < 1.29 is 9.53 Å². The second-order valence-electron chi connectivity index (χ2n) is 9.10. The summed E-state index contributed by atoms with van der Waals surface area (Å²) in [5.74, 6) is 0.699. The highest BCUT2D eigenvalue weighted by atomic mass is 32.1. The van der Waals surface area contributed by atoms with E-state index in [1.54, 1.807) is 18.4 Å². The van der Waals surface area contributed by atoms with Crippen LogP contribution in [0.2, 0.25) is 0 Å². The fourth-order valence-electron chi connectivity index (χ4n) is 4.94. The van der Waals surface area contributed by atoms with Crippen LogP contribution in [0.15, 0.2) is 66.2 Å². The maximum absolute atomic E-state index is 13.1. The summed E-state index contributed by atoms with van der Waals surface area (Å²) in [4.78, 5) is 23.1. The molecule has 0 saturated carbocycles. The van der Waals surface area contributed by atoms with Crippen molar-refractivity contribution in [3.63, 3.8) is 0 Å². The Morgan fingerprint density at radius 3 is 2.56 bits per heavy atom. The van der Waals surface area contributed by atoms with Crippen LogP contribution in [0.1, 0.15) is 39.3 Å². The van der Waals surface area contributed by atoms with Gasteiger partial charge in [-0.05, 0) is 66.8 Å². The van der Waals surface area contributed by atoms with E-state index in [0.717, 1.165) is 61.6 Å². The zero-order valence-corrected chi connectivity index (χ0v) is 21.0. The summed E-state index contributed by atoms with van der Waals surface area (Å²) in [6.45, 7) is 6.00. The van der Waals surface area contributed by atoms with Crippen molar-refractivity contribution >= 4 is 17.2 Å². The van der Waals surface area contributed by atoms with Crippen LogP contribution >= 0.6 is 11.3 Å². The van der Waals surface area contributed by atoms with Crippen molar-refractivity contribution in [2.24, 2.45) is 5.92 Å². The smallest absolute Gasteiger partial charge is 0.264 e. The van der Waals surface area contributed by atoms with Crippen LogP contribution in [0.25, 0.3) is 0 Å². The van der Waals surface area contributed by atoms with Crippen LogP contribution in [0.3, 0.4) is 0 Å². The SMILES string of the molecule is COCCN(Cc1ccccn1)C(Cc1ccccc1)C1CCN(C(=O)c2sccc2C)CC1. The van der Waals surface area contributed by atoms with Crippen LogP contribution in [-0.4, -0.2) is 60.1 Å². The van der Waals surface area contributed by atoms with Crippen LogP contribution in [0.5, 0.6) is 0 Å². The first-order valence-electron chi connectivity index (χ1n) is 12.2. The number of thiophene rings is 1. The third-order valence-electron chi connectivity index (χ3n) is 6.86. The second kappa shape index (κ2) is 12.2. The van der Waals surface area contributed by atoms with E-state index in [9.17, 15) is 4.79 Å². The number of hydrogen-bond acceptors (Lipinski definition) is 5. The highest BCUT2D eigenvalue weighted by Gasteiger charge is 2.33. The number of pyridine rings is 1. The summed E-state index contributed by atoms with van der Waals surface area (Å²) in [6.07, 6.45) is 4.88. The molecule has 0 aliphatic carbocycles. The summed E-state index contributed by atoms with van der Waals surface area (Å²) in [7, 11) is 1.77. The van der Waals surface area contributed by atoms with Gasteiger partial charge in [-0.2, -0.15) is 0 Å². The molecule has 1 aliphatic rings. The molecule has 2 aromatic heterocycles. The Bertz CT molecular complexity index is 1020. The Balaban J connectivity index is 1.51. The number of hydrogen-bond donors (Lipinski definition) is 0. The van der Waals surface area contributed by atoms with Gasteiger partial charge in [0, 0.05) is 45.5 Å². The van der Waals surface area contributed by atoms with Crippen molar-refractivity contribution in [2.45, 2.75) is 38.8 Å². The van der Waals surface area contributed by atoms with Crippen molar-refractivity contribution in [1.29, 1.82) is 0 Å². The number of benzene rings is 1. The van der Waals surface area contributed by atoms with E-state index in [-0.39, 0.29) is 5.91 Å². The lowest BCUT2D eigenvalue weighted by Crippen LogP contribution is -2.48. The van der Waals surface area contributed by atoms with Crippen molar-refractivity contribution in [3.05, 3.63) is 87.9 Å². The highest BCUT2D eigenvalue weighted by Crippen LogP contribution is 2.29. The largest absolute Gasteiger partial charge is 0.383 e. The highest BCUT2D eigenvalue weighted by molar-refractivity contribution is 7.12. The summed E-state index contributed by atoms with van der Waals surface area (Å²) in [5, 5.41) is 2.01. The third kappa shape index (κ3) is 6.32. The molecule has 5 nitrogen and oxygen atoms in total. The summed E-state index contributed by atoms with van der Waals surface area (Å²) in [5.41, 5.74) is 3.52. The molecule has 1 unspecified atom stereocenters. The molecule has 34 heavy (non-hydrogen) atoms. The van der Waals surface area contributed by atoms with Gasteiger partial charge in [0.2, 0.25) is 0 Å². The molecule has 1 amide bonds. The molecule has 1 aromatic carbocycles. The Kier molecular flexibility index (Phi) is 8.85. The zero-order chi connectivity index (χ0) is 23.8. The summed E-state index contributed by atoms with van der Waals surface area (Å²) >= 11 is 1.56. The molecular weight excluding hydrogens is 442 g/mol. The predicted molar refractivity (Wildman–Crippen MR) is 138 cm³/mol. The summed E-state index contributed by atoms with van der Waals surface area (Å²) < 4.78 is 5.48. The van der Waals surface area contributed by atoms with Gasteiger partial charge in [0.15, 0.2) is 0 Å². The molecule has 3 aromatic rings. The second-order valence-corrected chi connectivity index (χ2v) is 10.0. The van der Waals surface area contributed by atoms with Crippen molar-refractivity contribution in [1.82, 2.24) is 14.8 Å². The Morgan fingerprint density at radius 1 is 1.15 bits per heavy atom. The van der Waals surface area contributed by atoms with E-state index in [1.807, 2.05) is 35.5 Å². The van der Waals surface area contributed by atoms with E-state index in [2.05, 4.69) is 52.3 Å². The number of amides is 1. The molecule has 180 valence electrons. The van der Waals surface area contributed by atoms with E-state index < -0.39 is 0 Å². The number of nitrogens with zero attached hydrogens (tertiary/aromatic N) is 3. The number of carbonyl (C=O) groups is 1. The molecule has 0 N–H and O–H groups in total. The van der Waals surface area contributed by atoms with E-state index in [0.29, 0.717) is 18.6 Å². The summed E-state index contributed by atoms with van der Waals surface area (Å²) in [6, 6.07) is 19.3. The van der Waals surface area contributed by atoms with Gasteiger partial charge < -0.3 is 9.64 Å². The van der Waals surface area contributed by atoms with Crippen LogP contribution in [0, 0.1) is 12.8 Å². The van der Waals surface area contributed by atoms with Gasteiger partial charge in [0.25, 0.3) is 5.91 Å². The molecule has 4 rings (SSSR count). The van der Waals surface area contributed by atoms with Gasteiger partial charge in [-0.1, -0.05) is 36.4 Å². The number of ether oxygens (including phenoxy) is 1.